The van der Waals surface area contributed by atoms with Gasteiger partial charge in [0.05, 0.1) is 5.56 Å². The van der Waals surface area contributed by atoms with E-state index in [1.54, 1.807) is 18.0 Å². The van der Waals surface area contributed by atoms with Crippen LogP contribution in [-0.2, 0) is 0 Å². The summed E-state index contributed by atoms with van der Waals surface area (Å²) in [4.78, 5) is 4.26. The molecule has 0 aromatic carbocycles. The largest absolute Gasteiger partial charge is 0.317 e. The summed E-state index contributed by atoms with van der Waals surface area (Å²) in [5, 5.41) is 13.7. The smallest absolute Gasteiger partial charge is 0.114 e. The molecule has 3 nitrogen and oxygen atoms in total. The first-order chi connectivity index (χ1) is 7.40. The molecule has 0 amide bonds. The molecule has 4 heteroatoms. The number of thioether (sulfide) groups is 1. The van der Waals surface area contributed by atoms with Crippen LogP contribution in [0.5, 0.6) is 0 Å². The third-order valence-electron chi connectivity index (χ3n) is 2.46. The Kier molecular flexibility index (Phi) is 3.59. The Balaban J connectivity index is 2.06. The van der Waals surface area contributed by atoms with E-state index in [0.717, 1.165) is 31.0 Å². The van der Waals surface area contributed by atoms with Gasteiger partial charge in [0.1, 0.15) is 11.1 Å². The maximum Gasteiger partial charge on any atom is 0.114 e. The molecule has 1 aromatic rings. The third-order valence-corrected chi connectivity index (χ3v) is 3.81. The highest BCUT2D eigenvalue weighted by molar-refractivity contribution is 7.99. The van der Waals surface area contributed by atoms with Crippen molar-refractivity contribution >= 4 is 11.8 Å². The maximum absolute atomic E-state index is 8.93. The average Bonchev–Trinajstić information content (AvgIpc) is 2.31. The van der Waals surface area contributed by atoms with Crippen molar-refractivity contribution in [2.45, 2.75) is 23.1 Å². The van der Waals surface area contributed by atoms with E-state index >= 15 is 0 Å². The molecule has 1 aromatic heterocycles. The van der Waals surface area contributed by atoms with Gasteiger partial charge in [0.2, 0.25) is 0 Å². The molecule has 0 saturated carbocycles. The molecule has 15 heavy (non-hydrogen) atoms. The van der Waals surface area contributed by atoms with Gasteiger partial charge in [0.25, 0.3) is 0 Å². The van der Waals surface area contributed by atoms with Gasteiger partial charge in [-0.25, -0.2) is 4.98 Å². The Morgan fingerprint density at radius 2 is 2.27 bits per heavy atom. The molecular weight excluding hydrogens is 206 g/mol. The molecule has 0 atom stereocenters. The van der Waals surface area contributed by atoms with Crippen LogP contribution < -0.4 is 5.32 Å². The Bertz CT molecular complexity index is 366. The van der Waals surface area contributed by atoms with Crippen molar-refractivity contribution < 1.29 is 0 Å². The van der Waals surface area contributed by atoms with Crippen LogP contribution in [0.3, 0.4) is 0 Å². The SMILES string of the molecule is N#Cc1cccnc1SC1CCNCC1. The summed E-state index contributed by atoms with van der Waals surface area (Å²) in [5.41, 5.74) is 0.695. The second kappa shape index (κ2) is 5.15. The Hall–Kier alpha value is -1.05. The first-order valence-corrected chi connectivity index (χ1v) is 6.00. The number of nitrogens with one attached hydrogen (secondary N) is 1. The highest BCUT2D eigenvalue weighted by Gasteiger charge is 2.16. The van der Waals surface area contributed by atoms with E-state index in [9.17, 15) is 0 Å². The van der Waals surface area contributed by atoms with Crippen LogP contribution >= 0.6 is 11.8 Å². The molecule has 2 heterocycles. The van der Waals surface area contributed by atoms with E-state index in [1.807, 2.05) is 12.1 Å². The number of rotatable bonds is 2. The fraction of sp³-hybridized carbons (Fsp3) is 0.455. The van der Waals surface area contributed by atoms with Gasteiger partial charge < -0.3 is 5.32 Å². The molecule has 1 aliphatic rings. The Morgan fingerprint density at radius 1 is 1.47 bits per heavy atom. The van der Waals surface area contributed by atoms with Crippen LogP contribution in [0.15, 0.2) is 23.4 Å². The minimum Gasteiger partial charge on any atom is -0.317 e. The minimum atomic E-state index is 0.605. The molecule has 0 radical (unpaired) electrons. The molecule has 1 fully saturated rings. The first kappa shape index (κ1) is 10.5. The number of piperidine rings is 1. The van der Waals surface area contributed by atoms with Gasteiger partial charge in [-0.1, -0.05) is 0 Å². The second-order valence-electron chi connectivity index (χ2n) is 3.54. The number of aromatic nitrogens is 1. The molecule has 0 bridgehead atoms. The van der Waals surface area contributed by atoms with Crippen molar-refractivity contribution in [3.05, 3.63) is 23.9 Å². The van der Waals surface area contributed by atoms with Gasteiger partial charge in [-0.05, 0) is 38.1 Å². The van der Waals surface area contributed by atoms with E-state index < -0.39 is 0 Å². The van der Waals surface area contributed by atoms with E-state index in [-0.39, 0.29) is 0 Å². The number of hydrogen-bond acceptors (Lipinski definition) is 4. The number of nitrogens with zero attached hydrogens (tertiary/aromatic N) is 2. The summed E-state index contributed by atoms with van der Waals surface area (Å²) in [6.07, 6.45) is 4.07. The fourth-order valence-corrected chi connectivity index (χ4v) is 2.79. The van der Waals surface area contributed by atoms with Gasteiger partial charge in [-0.15, -0.1) is 11.8 Å². The van der Waals surface area contributed by atoms with Crippen molar-refractivity contribution in [2.24, 2.45) is 0 Å². The van der Waals surface area contributed by atoms with Crippen molar-refractivity contribution in [3.8, 4) is 6.07 Å². The van der Waals surface area contributed by atoms with Gasteiger partial charge in [0.15, 0.2) is 0 Å². The van der Waals surface area contributed by atoms with Crippen molar-refractivity contribution in [3.63, 3.8) is 0 Å². The van der Waals surface area contributed by atoms with E-state index in [2.05, 4.69) is 16.4 Å². The summed E-state index contributed by atoms with van der Waals surface area (Å²) in [7, 11) is 0. The minimum absolute atomic E-state index is 0.605. The molecule has 0 aliphatic carbocycles. The zero-order valence-electron chi connectivity index (χ0n) is 8.44. The molecule has 1 aliphatic heterocycles. The lowest BCUT2D eigenvalue weighted by Crippen LogP contribution is -2.29. The monoisotopic (exact) mass is 219 g/mol. The maximum atomic E-state index is 8.93. The molecule has 1 saturated heterocycles. The number of nitriles is 1. The predicted octanol–water partition coefficient (Wildman–Crippen LogP) is 1.80. The highest BCUT2D eigenvalue weighted by Crippen LogP contribution is 2.28. The van der Waals surface area contributed by atoms with Crippen LogP contribution in [-0.4, -0.2) is 23.3 Å². The quantitative estimate of drug-likeness (QED) is 0.824. The molecule has 78 valence electrons. The van der Waals surface area contributed by atoms with Crippen LogP contribution in [0, 0.1) is 11.3 Å². The van der Waals surface area contributed by atoms with Gasteiger partial charge in [0, 0.05) is 11.4 Å². The zero-order chi connectivity index (χ0) is 10.5. The van der Waals surface area contributed by atoms with E-state index in [1.165, 1.54) is 0 Å². The number of hydrogen-bond donors (Lipinski definition) is 1. The lowest BCUT2D eigenvalue weighted by atomic mass is 10.2. The van der Waals surface area contributed by atoms with Crippen LogP contribution in [0.2, 0.25) is 0 Å². The van der Waals surface area contributed by atoms with Gasteiger partial charge in [-0.2, -0.15) is 5.26 Å². The molecule has 1 N–H and O–H groups in total. The van der Waals surface area contributed by atoms with Crippen molar-refractivity contribution in [1.29, 1.82) is 5.26 Å². The topological polar surface area (TPSA) is 48.7 Å². The normalized spacial score (nSPS) is 17.3. The van der Waals surface area contributed by atoms with Crippen LogP contribution in [0.1, 0.15) is 18.4 Å². The number of pyridine rings is 1. The van der Waals surface area contributed by atoms with E-state index in [0.29, 0.717) is 10.8 Å². The Morgan fingerprint density at radius 3 is 3.00 bits per heavy atom. The Labute approximate surface area is 93.9 Å². The average molecular weight is 219 g/mol. The van der Waals surface area contributed by atoms with Gasteiger partial charge >= 0.3 is 0 Å². The fourth-order valence-electron chi connectivity index (χ4n) is 1.64. The summed E-state index contributed by atoms with van der Waals surface area (Å²) in [6, 6.07) is 5.83. The molecular formula is C11H13N3S. The lowest BCUT2D eigenvalue weighted by molar-refractivity contribution is 0.531. The standard InChI is InChI=1S/C11H13N3S/c12-8-9-2-1-5-14-11(9)15-10-3-6-13-7-4-10/h1-2,5,10,13H,3-4,6-7H2. The summed E-state index contributed by atoms with van der Waals surface area (Å²) < 4.78 is 0. The summed E-state index contributed by atoms with van der Waals surface area (Å²) in [5.74, 6) is 0. The van der Waals surface area contributed by atoms with Gasteiger partial charge in [-0.3, -0.25) is 0 Å². The predicted molar refractivity (Wildman–Crippen MR) is 60.7 cm³/mol. The third kappa shape index (κ3) is 2.71. The van der Waals surface area contributed by atoms with Crippen molar-refractivity contribution in [1.82, 2.24) is 10.3 Å². The molecule has 0 spiro atoms. The van der Waals surface area contributed by atoms with Crippen LogP contribution in [0.4, 0.5) is 0 Å². The molecule has 0 unspecified atom stereocenters. The second-order valence-corrected chi connectivity index (χ2v) is 4.82. The summed E-state index contributed by atoms with van der Waals surface area (Å²) >= 11 is 1.74. The lowest BCUT2D eigenvalue weighted by Gasteiger charge is -2.21. The summed E-state index contributed by atoms with van der Waals surface area (Å²) in [6.45, 7) is 2.15. The first-order valence-electron chi connectivity index (χ1n) is 5.12. The van der Waals surface area contributed by atoms with E-state index in [4.69, 9.17) is 5.26 Å². The van der Waals surface area contributed by atoms with Crippen molar-refractivity contribution in [2.75, 3.05) is 13.1 Å². The zero-order valence-corrected chi connectivity index (χ0v) is 9.26. The van der Waals surface area contributed by atoms with Crippen LogP contribution in [0.25, 0.3) is 0 Å². The molecule has 2 rings (SSSR count). The highest BCUT2D eigenvalue weighted by atomic mass is 32.2.